The lowest BCUT2D eigenvalue weighted by atomic mass is 10.0. The maximum atomic E-state index is 7.87. The van der Waals surface area contributed by atoms with E-state index >= 15 is 0 Å². The minimum atomic E-state index is -0.0291. The van der Waals surface area contributed by atoms with E-state index in [-0.39, 0.29) is 11.8 Å². The van der Waals surface area contributed by atoms with Gasteiger partial charge in [-0.25, -0.2) is 4.98 Å². The minimum absolute atomic E-state index is 0.00162. The molecule has 0 saturated carbocycles. The Balaban J connectivity index is 1.61. The van der Waals surface area contributed by atoms with Gasteiger partial charge in [0.1, 0.15) is 5.82 Å². The van der Waals surface area contributed by atoms with Crippen LogP contribution in [0.3, 0.4) is 0 Å². The van der Waals surface area contributed by atoms with Crippen LogP contribution < -0.4 is 4.90 Å². The second-order valence-electron chi connectivity index (χ2n) is 6.60. The Bertz CT molecular complexity index is 1030. The lowest BCUT2D eigenvalue weighted by Gasteiger charge is -2.27. The van der Waals surface area contributed by atoms with Crippen molar-refractivity contribution in [1.29, 1.82) is 10.8 Å². The smallest absolute Gasteiger partial charge is 0.220 e. The summed E-state index contributed by atoms with van der Waals surface area (Å²) in [6.45, 7) is 4.57. The fourth-order valence-electron chi connectivity index (χ4n) is 3.15. The van der Waals surface area contributed by atoms with Gasteiger partial charge in [-0.15, -0.1) is 0 Å². The minimum Gasteiger partial charge on any atom is -0.426 e. The zero-order valence-corrected chi connectivity index (χ0v) is 15.6. The molecule has 7 nitrogen and oxygen atoms in total. The fraction of sp³-hybridized carbons (Fsp3) is 0.238. The summed E-state index contributed by atoms with van der Waals surface area (Å²) in [6, 6.07) is 13.5. The van der Waals surface area contributed by atoms with Crippen LogP contribution in [-0.4, -0.2) is 48.1 Å². The number of rotatable bonds is 3. The molecule has 28 heavy (non-hydrogen) atoms. The van der Waals surface area contributed by atoms with Gasteiger partial charge in [0.05, 0.1) is 30.4 Å². The van der Waals surface area contributed by atoms with Crippen LogP contribution in [0.2, 0.25) is 0 Å². The summed E-state index contributed by atoms with van der Waals surface area (Å²) < 4.78 is 10.5. The number of anilines is 1. The molecule has 7 heteroatoms. The van der Waals surface area contributed by atoms with Crippen molar-refractivity contribution in [2.24, 2.45) is 0 Å². The highest BCUT2D eigenvalue weighted by Crippen LogP contribution is 2.25. The zero-order chi connectivity index (χ0) is 19.5. The lowest BCUT2D eigenvalue weighted by molar-refractivity contribution is 0.122. The van der Waals surface area contributed by atoms with E-state index in [1.54, 1.807) is 0 Å². The van der Waals surface area contributed by atoms with Crippen molar-refractivity contribution in [3.8, 4) is 11.1 Å². The van der Waals surface area contributed by atoms with Gasteiger partial charge in [0.2, 0.25) is 5.90 Å². The maximum Gasteiger partial charge on any atom is 0.220 e. The lowest BCUT2D eigenvalue weighted by Crippen LogP contribution is -2.36. The van der Waals surface area contributed by atoms with Gasteiger partial charge < -0.3 is 14.4 Å². The van der Waals surface area contributed by atoms with Crippen molar-refractivity contribution >= 4 is 28.6 Å². The highest BCUT2D eigenvalue weighted by molar-refractivity contribution is 5.99. The van der Waals surface area contributed by atoms with E-state index in [0.29, 0.717) is 18.8 Å². The van der Waals surface area contributed by atoms with Gasteiger partial charge in [0.25, 0.3) is 0 Å². The molecule has 0 spiro atoms. The molecule has 4 rings (SSSR count). The SMILES string of the molecule is CC(=N)OC(=N)c1ccc(-c2ccc3ncc(N4CCOCC4)nc3c2)cc1. The largest absolute Gasteiger partial charge is 0.426 e. The molecule has 3 aromatic rings. The van der Waals surface area contributed by atoms with Crippen molar-refractivity contribution in [3.05, 3.63) is 54.2 Å². The van der Waals surface area contributed by atoms with Gasteiger partial charge in [-0.2, -0.15) is 0 Å². The number of nitrogens with zero attached hydrogens (tertiary/aromatic N) is 3. The van der Waals surface area contributed by atoms with Crippen molar-refractivity contribution in [2.45, 2.75) is 6.92 Å². The highest BCUT2D eigenvalue weighted by atomic mass is 16.5. The quantitative estimate of drug-likeness (QED) is 0.540. The standard InChI is InChI=1S/C21H21N5O2/c1-14(22)28-21(23)16-4-2-15(3-5-16)17-6-7-18-19(12-17)25-20(13-24-18)26-8-10-27-11-9-26/h2-7,12-13,22-23H,8-11H2,1H3. The molecule has 142 valence electrons. The van der Waals surface area contributed by atoms with Gasteiger partial charge in [-0.05, 0) is 35.4 Å². The van der Waals surface area contributed by atoms with E-state index in [9.17, 15) is 0 Å². The van der Waals surface area contributed by atoms with Gasteiger partial charge in [0, 0.05) is 25.6 Å². The van der Waals surface area contributed by atoms with Gasteiger partial charge in [0.15, 0.2) is 5.90 Å². The number of aromatic nitrogens is 2. The Morgan fingerprint density at radius 3 is 2.43 bits per heavy atom. The molecule has 1 fully saturated rings. The Hall–Kier alpha value is -3.32. The first-order valence-electron chi connectivity index (χ1n) is 9.12. The molecule has 2 aromatic carbocycles. The Morgan fingerprint density at radius 2 is 1.71 bits per heavy atom. The monoisotopic (exact) mass is 375 g/mol. The predicted molar refractivity (Wildman–Crippen MR) is 109 cm³/mol. The zero-order valence-electron chi connectivity index (χ0n) is 15.6. The molecule has 0 bridgehead atoms. The molecule has 1 saturated heterocycles. The molecule has 1 aliphatic rings. The van der Waals surface area contributed by atoms with Crippen LogP contribution in [0, 0.1) is 10.8 Å². The molecule has 0 amide bonds. The number of fused-ring (bicyclic) bond motifs is 1. The van der Waals surface area contributed by atoms with Crippen LogP contribution in [0.1, 0.15) is 12.5 Å². The van der Waals surface area contributed by atoms with E-state index in [4.69, 9.17) is 25.3 Å². The molecular weight excluding hydrogens is 354 g/mol. The number of nitrogens with one attached hydrogen (secondary N) is 2. The Kier molecular flexibility index (Phi) is 4.99. The van der Waals surface area contributed by atoms with Crippen molar-refractivity contribution in [2.75, 3.05) is 31.2 Å². The van der Waals surface area contributed by atoms with Crippen LogP contribution in [-0.2, 0) is 9.47 Å². The van der Waals surface area contributed by atoms with Crippen molar-refractivity contribution < 1.29 is 9.47 Å². The van der Waals surface area contributed by atoms with Gasteiger partial charge >= 0.3 is 0 Å². The van der Waals surface area contributed by atoms with Crippen LogP contribution in [0.25, 0.3) is 22.2 Å². The Labute approximate surface area is 163 Å². The van der Waals surface area contributed by atoms with Crippen LogP contribution in [0.4, 0.5) is 5.82 Å². The van der Waals surface area contributed by atoms with Crippen molar-refractivity contribution in [3.63, 3.8) is 0 Å². The van der Waals surface area contributed by atoms with E-state index in [2.05, 4.69) is 9.88 Å². The average Bonchev–Trinajstić information content (AvgIpc) is 2.73. The molecule has 1 aromatic heterocycles. The third-order valence-electron chi connectivity index (χ3n) is 4.60. The molecule has 2 heterocycles. The summed E-state index contributed by atoms with van der Waals surface area (Å²) in [5, 5.41) is 15.2. The number of benzene rings is 2. The molecule has 0 atom stereocenters. The highest BCUT2D eigenvalue weighted by Gasteiger charge is 2.13. The molecule has 0 radical (unpaired) electrons. The van der Waals surface area contributed by atoms with E-state index in [1.165, 1.54) is 6.92 Å². The molecule has 2 N–H and O–H groups in total. The second kappa shape index (κ2) is 7.74. The van der Waals surface area contributed by atoms with E-state index in [0.717, 1.165) is 41.1 Å². The molecule has 0 unspecified atom stereocenters. The first kappa shape index (κ1) is 18.1. The van der Waals surface area contributed by atoms with Crippen LogP contribution >= 0.6 is 0 Å². The summed E-state index contributed by atoms with van der Waals surface area (Å²) >= 11 is 0. The van der Waals surface area contributed by atoms with Crippen LogP contribution in [0.15, 0.2) is 48.7 Å². The fourth-order valence-corrected chi connectivity index (χ4v) is 3.15. The van der Waals surface area contributed by atoms with E-state index in [1.807, 2.05) is 48.7 Å². The number of morpholine rings is 1. The third-order valence-corrected chi connectivity index (χ3v) is 4.60. The third kappa shape index (κ3) is 3.84. The first-order valence-corrected chi connectivity index (χ1v) is 9.12. The Morgan fingerprint density at radius 1 is 1.00 bits per heavy atom. The van der Waals surface area contributed by atoms with Crippen molar-refractivity contribution in [1.82, 2.24) is 9.97 Å². The summed E-state index contributed by atoms with van der Waals surface area (Å²) in [5.41, 5.74) is 4.38. The summed E-state index contributed by atoms with van der Waals surface area (Å²) in [7, 11) is 0. The van der Waals surface area contributed by atoms with Crippen LogP contribution in [0.5, 0.6) is 0 Å². The van der Waals surface area contributed by atoms with Gasteiger partial charge in [-0.1, -0.05) is 18.2 Å². The average molecular weight is 375 g/mol. The predicted octanol–water partition coefficient (Wildman–Crippen LogP) is 3.47. The molecule has 0 aliphatic carbocycles. The normalized spacial score (nSPS) is 14.1. The number of hydrogen-bond acceptors (Lipinski definition) is 7. The summed E-state index contributed by atoms with van der Waals surface area (Å²) in [5.74, 6) is 0.841. The van der Waals surface area contributed by atoms with Gasteiger partial charge in [-0.3, -0.25) is 15.8 Å². The number of hydrogen-bond donors (Lipinski definition) is 2. The summed E-state index contributed by atoms with van der Waals surface area (Å²) in [4.78, 5) is 11.5. The maximum absolute atomic E-state index is 7.87. The topological polar surface area (TPSA) is 95.2 Å². The molecule has 1 aliphatic heterocycles. The van der Waals surface area contributed by atoms with E-state index < -0.39 is 0 Å². The first-order chi connectivity index (χ1) is 13.6. The number of ether oxygens (including phenoxy) is 2. The second-order valence-corrected chi connectivity index (χ2v) is 6.60. The summed E-state index contributed by atoms with van der Waals surface area (Å²) in [6.07, 6.45) is 1.82. The molecular formula is C21H21N5O2.